The van der Waals surface area contributed by atoms with Crippen molar-refractivity contribution in [2.75, 3.05) is 11.0 Å². The predicted octanol–water partition coefficient (Wildman–Crippen LogP) is 3.77. The summed E-state index contributed by atoms with van der Waals surface area (Å²) in [4.78, 5) is 13.0. The number of hydrogen-bond donors (Lipinski definition) is 1. The Hall–Kier alpha value is -2.61. The third-order valence-corrected chi connectivity index (χ3v) is 5.47. The normalized spacial score (nSPS) is 17.1. The predicted molar refractivity (Wildman–Crippen MR) is 108 cm³/mol. The van der Waals surface area contributed by atoms with Gasteiger partial charge in [0.2, 0.25) is 15.9 Å². The summed E-state index contributed by atoms with van der Waals surface area (Å²) < 4.78 is 30.7. The summed E-state index contributed by atoms with van der Waals surface area (Å²) in [7, 11) is -3.33. The zero-order valence-electron chi connectivity index (χ0n) is 16.3. The molecule has 150 valence electrons. The Morgan fingerprint density at radius 3 is 2.46 bits per heavy atom. The highest BCUT2D eigenvalue weighted by atomic mass is 32.2. The van der Waals surface area contributed by atoms with E-state index >= 15 is 0 Å². The first-order valence-corrected chi connectivity index (χ1v) is 11.2. The Labute approximate surface area is 165 Å². The van der Waals surface area contributed by atoms with E-state index in [9.17, 15) is 13.2 Å². The lowest BCUT2D eigenvalue weighted by Gasteiger charge is -2.23. The molecule has 2 aromatic rings. The van der Waals surface area contributed by atoms with Gasteiger partial charge in [-0.05, 0) is 42.7 Å². The van der Waals surface area contributed by atoms with Crippen LogP contribution < -0.4 is 4.72 Å². The Morgan fingerprint density at radius 2 is 1.93 bits per heavy atom. The molecule has 28 heavy (non-hydrogen) atoms. The zero-order chi connectivity index (χ0) is 20.3. The molecule has 0 spiro atoms. The molecule has 1 aliphatic heterocycles. The molecule has 1 aromatic heterocycles. The van der Waals surface area contributed by atoms with Crippen LogP contribution in [0.5, 0.6) is 0 Å². The summed E-state index contributed by atoms with van der Waals surface area (Å²) in [5.74, 6) is 0.618. The molecule has 2 heterocycles. The van der Waals surface area contributed by atoms with E-state index in [1.807, 2.05) is 19.9 Å². The molecule has 0 saturated heterocycles. The van der Waals surface area contributed by atoms with Gasteiger partial charge in [0, 0.05) is 18.0 Å². The van der Waals surface area contributed by atoms with Crippen LogP contribution >= 0.6 is 0 Å². The summed E-state index contributed by atoms with van der Waals surface area (Å²) in [6, 6.07) is 10.4. The van der Waals surface area contributed by atoms with Crippen LogP contribution in [0.2, 0.25) is 0 Å². The average molecular weight is 404 g/mol. The highest BCUT2D eigenvalue weighted by Crippen LogP contribution is 2.35. The molecule has 0 bridgehead atoms. The third-order valence-electron chi connectivity index (χ3n) is 4.86. The Balaban J connectivity index is 1.88. The van der Waals surface area contributed by atoms with E-state index in [0.29, 0.717) is 17.9 Å². The first-order chi connectivity index (χ1) is 13.3. The van der Waals surface area contributed by atoms with Crippen molar-refractivity contribution in [3.63, 3.8) is 0 Å². The van der Waals surface area contributed by atoms with Crippen LogP contribution in [0.4, 0.5) is 5.69 Å². The van der Waals surface area contributed by atoms with Crippen molar-refractivity contribution in [2.45, 2.75) is 39.2 Å². The molecule has 0 saturated carbocycles. The van der Waals surface area contributed by atoms with Gasteiger partial charge >= 0.3 is 0 Å². The Kier molecular flexibility index (Phi) is 5.88. The number of amides is 1. The van der Waals surface area contributed by atoms with Crippen molar-refractivity contribution in [2.24, 2.45) is 11.0 Å². The van der Waals surface area contributed by atoms with Gasteiger partial charge in [-0.3, -0.25) is 9.52 Å². The van der Waals surface area contributed by atoms with E-state index in [1.54, 1.807) is 41.6 Å². The number of hydrazone groups is 1. The fourth-order valence-corrected chi connectivity index (χ4v) is 3.92. The minimum absolute atomic E-state index is 0.00300. The van der Waals surface area contributed by atoms with Gasteiger partial charge in [0.1, 0.15) is 11.8 Å². The number of benzene rings is 1. The van der Waals surface area contributed by atoms with Crippen molar-refractivity contribution < 1.29 is 17.6 Å². The zero-order valence-corrected chi connectivity index (χ0v) is 17.1. The SMILES string of the molecule is CCC(CC)C(=O)N1N=C(c2ccc(NS(C)(=O)=O)cc2)CC1c1ccco1. The molecule has 0 radical (unpaired) electrons. The minimum atomic E-state index is -3.33. The van der Waals surface area contributed by atoms with Gasteiger partial charge in [-0.2, -0.15) is 5.10 Å². The van der Waals surface area contributed by atoms with Crippen LogP contribution in [0.3, 0.4) is 0 Å². The van der Waals surface area contributed by atoms with Crippen LogP contribution in [0.25, 0.3) is 0 Å². The molecule has 0 fully saturated rings. The lowest BCUT2D eigenvalue weighted by Crippen LogP contribution is -2.32. The molecule has 0 aliphatic carbocycles. The van der Waals surface area contributed by atoms with E-state index in [0.717, 1.165) is 30.4 Å². The fourth-order valence-electron chi connectivity index (χ4n) is 3.36. The lowest BCUT2D eigenvalue weighted by atomic mass is 9.99. The molecular formula is C20H25N3O4S. The number of anilines is 1. The third kappa shape index (κ3) is 4.44. The molecule has 1 aromatic carbocycles. The maximum absolute atomic E-state index is 13.0. The quantitative estimate of drug-likeness (QED) is 0.762. The monoisotopic (exact) mass is 403 g/mol. The molecular weight excluding hydrogens is 378 g/mol. The number of nitrogens with zero attached hydrogens (tertiary/aromatic N) is 2. The lowest BCUT2D eigenvalue weighted by molar-refractivity contribution is -0.138. The second kappa shape index (κ2) is 8.18. The van der Waals surface area contributed by atoms with Crippen LogP contribution in [0.15, 0.2) is 52.2 Å². The van der Waals surface area contributed by atoms with Gasteiger partial charge in [-0.25, -0.2) is 13.4 Å². The minimum Gasteiger partial charge on any atom is -0.467 e. The van der Waals surface area contributed by atoms with E-state index in [1.165, 1.54) is 0 Å². The van der Waals surface area contributed by atoms with Crippen LogP contribution in [-0.4, -0.2) is 31.3 Å². The van der Waals surface area contributed by atoms with Gasteiger partial charge in [-0.1, -0.05) is 26.0 Å². The summed E-state index contributed by atoms with van der Waals surface area (Å²) in [6.07, 6.45) is 4.76. The molecule has 1 amide bonds. The van der Waals surface area contributed by atoms with Gasteiger partial charge in [0.25, 0.3) is 0 Å². The average Bonchev–Trinajstić information content (AvgIpc) is 3.31. The second-order valence-electron chi connectivity index (χ2n) is 6.93. The molecule has 1 aliphatic rings. The van der Waals surface area contributed by atoms with E-state index < -0.39 is 10.0 Å². The Morgan fingerprint density at radius 1 is 1.25 bits per heavy atom. The van der Waals surface area contributed by atoms with E-state index in [2.05, 4.69) is 9.82 Å². The number of rotatable bonds is 7. The molecule has 3 rings (SSSR count). The van der Waals surface area contributed by atoms with Crippen molar-refractivity contribution in [1.82, 2.24) is 5.01 Å². The Bertz CT molecular complexity index is 946. The largest absolute Gasteiger partial charge is 0.467 e. The van der Waals surface area contributed by atoms with Crippen LogP contribution in [0, 0.1) is 5.92 Å². The molecule has 1 unspecified atom stereocenters. The van der Waals surface area contributed by atoms with Gasteiger partial charge < -0.3 is 4.42 Å². The van der Waals surface area contributed by atoms with Gasteiger partial charge in [0.05, 0.1) is 18.2 Å². The first-order valence-electron chi connectivity index (χ1n) is 9.34. The number of sulfonamides is 1. The van der Waals surface area contributed by atoms with Crippen molar-refractivity contribution >= 4 is 27.3 Å². The number of nitrogens with one attached hydrogen (secondary N) is 1. The maximum Gasteiger partial charge on any atom is 0.246 e. The second-order valence-corrected chi connectivity index (χ2v) is 8.68. The molecule has 1 atom stereocenters. The summed E-state index contributed by atoms with van der Waals surface area (Å²) in [6.45, 7) is 4.00. The molecule has 1 N–H and O–H groups in total. The van der Waals surface area contributed by atoms with Crippen LogP contribution in [-0.2, 0) is 14.8 Å². The summed E-state index contributed by atoms with van der Waals surface area (Å²) in [5, 5.41) is 6.17. The van der Waals surface area contributed by atoms with Crippen molar-refractivity contribution in [3.8, 4) is 0 Å². The van der Waals surface area contributed by atoms with Gasteiger partial charge in [-0.15, -0.1) is 0 Å². The highest BCUT2D eigenvalue weighted by molar-refractivity contribution is 7.92. The standard InChI is InChI=1S/C20H25N3O4S/c1-4-14(5-2)20(24)23-18(19-7-6-12-27-19)13-17(21-23)15-8-10-16(11-9-15)22-28(3,25)26/h6-12,14,18,22H,4-5,13H2,1-3H3. The summed E-state index contributed by atoms with van der Waals surface area (Å²) in [5.41, 5.74) is 2.10. The van der Waals surface area contributed by atoms with Crippen molar-refractivity contribution in [3.05, 3.63) is 54.0 Å². The van der Waals surface area contributed by atoms with Crippen molar-refractivity contribution in [1.29, 1.82) is 0 Å². The number of carbonyl (C=O) groups is 1. The van der Waals surface area contributed by atoms with E-state index in [4.69, 9.17) is 4.42 Å². The summed E-state index contributed by atoms with van der Waals surface area (Å²) >= 11 is 0. The van der Waals surface area contributed by atoms with Gasteiger partial charge in [0.15, 0.2) is 0 Å². The number of hydrogen-bond acceptors (Lipinski definition) is 5. The number of carbonyl (C=O) groups excluding carboxylic acids is 1. The highest BCUT2D eigenvalue weighted by Gasteiger charge is 2.36. The fraction of sp³-hybridized carbons (Fsp3) is 0.400. The molecule has 8 heteroatoms. The maximum atomic E-state index is 13.0. The van der Waals surface area contributed by atoms with Crippen LogP contribution in [0.1, 0.15) is 50.5 Å². The van der Waals surface area contributed by atoms with E-state index in [-0.39, 0.29) is 17.9 Å². The molecule has 7 nitrogen and oxygen atoms in total. The number of furan rings is 1. The first kappa shape index (κ1) is 20.1. The smallest absolute Gasteiger partial charge is 0.246 e. The topological polar surface area (TPSA) is 92.0 Å².